The van der Waals surface area contributed by atoms with Crippen molar-refractivity contribution in [1.29, 1.82) is 5.41 Å². The van der Waals surface area contributed by atoms with Gasteiger partial charge in [0.05, 0.1) is 6.61 Å². The van der Waals surface area contributed by atoms with Crippen LogP contribution in [0.2, 0.25) is 0 Å². The van der Waals surface area contributed by atoms with Crippen molar-refractivity contribution in [3.8, 4) is 0 Å². The van der Waals surface area contributed by atoms with E-state index in [0.717, 1.165) is 26.1 Å². The summed E-state index contributed by atoms with van der Waals surface area (Å²) in [6, 6.07) is 0.454. The van der Waals surface area contributed by atoms with Gasteiger partial charge in [-0.15, -0.1) is 0 Å². The Hall–Kier alpha value is -0.650. The maximum atomic E-state index is 7.36. The number of rotatable bonds is 5. The van der Waals surface area contributed by atoms with Crippen LogP contribution >= 0.6 is 0 Å². The predicted octanol–water partition coefficient (Wildman–Crippen LogP) is 0.0482. The maximum Gasteiger partial charge on any atom is 0.127 e. The van der Waals surface area contributed by atoms with Crippen LogP contribution in [0.5, 0.6) is 0 Å². The van der Waals surface area contributed by atoms with Crippen LogP contribution in [0.15, 0.2) is 0 Å². The summed E-state index contributed by atoms with van der Waals surface area (Å²) in [4.78, 5) is 2.30. The smallest absolute Gasteiger partial charge is 0.127 e. The normalized spacial score (nSPS) is 25.1. The van der Waals surface area contributed by atoms with Crippen molar-refractivity contribution in [3.05, 3.63) is 0 Å². The Bertz CT molecular complexity index is 211. The van der Waals surface area contributed by atoms with Crippen LogP contribution in [-0.4, -0.2) is 56.3 Å². The Morgan fingerprint density at radius 3 is 3.07 bits per heavy atom. The molecule has 1 saturated heterocycles. The number of nitrogens with one attached hydrogen (secondary N) is 1. The molecular weight excluding hydrogens is 194 g/mol. The molecule has 1 aliphatic rings. The fourth-order valence-electron chi connectivity index (χ4n) is 1.73. The number of amidine groups is 1. The molecule has 2 unspecified atom stereocenters. The van der Waals surface area contributed by atoms with E-state index >= 15 is 0 Å². The lowest BCUT2D eigenvalue weighted by Crippen LogP contribution is -2.51. The minimum absolute atomic E-state index is 0.124. The highest BCUT2D eigenvalue weighted by atomic mass is 16.5. The summed E-state index contributed by atoms with van der Waals surface area (Å²) in [5.41, 5.74) is 5.44. The largest absolute Gasteiger partial charge is 0.385 e. The monoisotopic (exact) mass is 215 g/mol. The Balaban J connectivity index is 2.37. The summed E-state index contributed by atoms with van der Waals surface area (Å²) >= 11 is 0. The standard InChI is InChI=1S/C10H21N3O2/c1-8(3-5-14-2)13-4-6-15-9(7-13)10(11)12/h8-9H,3-7H2,1-2H3,(H3,11,12). The first-order valence-corrected chi connectivity index (χ1v) is 5.33. The molecule has 0 bridgehead atoms. The van der Waals surface area contributed by atoms with Gasteiger partial charge in [-0.3, -0.25) is 10.3 Å². The van der Waals surface area contributed by atoms with Gasteiger partial charge in [-0.25, -0.2) is 0 Å². The van der Waals surface area contributed by atoms with Crippen molar-refractivity contribution in [2.75, 3.05) is 33.4 Å². The zero-order valence-corrected chi connectivity index (χ0v) is 9.53. The second kappa shape index (κ2) is 6.05. The van der Waals surface area contributed by atoms with Crippen LogP contribution in [-0.2, 0) is 9.47 Å². The van der Waals surface area contributed by atoms with Crippen molar-refractivity contribution >= 4 is 5.84 Å². The van der Waals surface area contributed by atoms with Crippen LogP contribution in [0, 0.1) is 5.41 Å². The summed E-state index contributed by atoms with van der Waals surface area (Å²) < 4.78 is 10.5. The van der Waals surface area contributed by atoms with Gasteiger partial charge in [0.15, 0.2) is 0 Å². The SMILES string of the molecule is COCCC(C)N1CCOC(C(=N)N)C1. The Kier molecular flexibility index (Phi) is 5.01. The van der Waals surface area contributed by atoms with E-state index in [9.17, 15) is 0 Å². The van der Waals surface area contributed by atoms with Crippen molar-refractivity contribution in [2.45, 2.75) is 25.5 Å². The summed E-state index contributed by atoms with van der Waals surface area (Å²) in [7, 11) is 1.71. The van der Waals surface area contributed by atoms with Gasteiger partial charge in [-0.2, -0.15) is 0 Å². The molecule has 1 heterocycles. The predicted molar refractivity (Wildman–Crippen MR) is 59.2 cm³/mol. The van der Waals surface area contributed by atoms with E-state index in [4.69, 9.17) is 20.6 Å². The third-order valence-electron chi connectivity index (χ3n) is 2.81. The van der Waals surface area contributed by atoms with Crippen LogP contribution in [0.25, 0.3) is 0 Å². The Labute approximate surface area is 91.0 Å². The molecule has 0 spiro atoms. The molecule has 1 aliphatic heterocycles. The molecular formula is C10H21N3O2. The minimum Gasteiger partial charge on any atom is -0.385 e. The van der Waals surface area contributed by atoms with E-state index in [-0.39, 0.29) is 11.9 Å². The van der Waals surface area contributed by atoms with Crippen molar-refractivity contribution in [3.63, 3.8) is 0 Å². The lowest BCUT2D eigenvalue weighted by Gasteiger charge is -2.36. The van der Waals surface area contributed by atoms with Crippen LogP contribution in [0.4, 0.5) is 0 Å². The minimum atomic E-state index is -0.233. The third-order valence-corrected chi connectivity index (χ3v) is 2.81. The van der Waals surface area contributed by atoms with Crippen LogP contribution in [0.3, 0.4) is 0 Å². The highest BCUT2D eigenvalue weighted by Gasteiger charge is 2.25. The molecule has 0 aromatic rings. The van der Waals surface area contributed by atoms with E-state index in [0.29, 0.717) is 12.6 Å². The molecule has 0 aromatic heterocycles. The lowest BCUT2D eigenvalue weighted by atomic mass is 10.1. The van der Waals surface area contributed by atoms with Gasteiger partial charge >= 0.3 is 0 Å². The van der Waals surface area contributed by atoms with Gasteiger partial charge in [-0.1, -0.05) is 0 Å². The first-order valence-electron chi connectivity index (χ1n) is 5.33. The summed E-state index contributed by atoms with van der Waals surface area (Å²) in [5, 5.41) is 7.36. The Morgan fingerprint density at radius 1 is 1.73 bits per heavy atom. The van der Waals surface area contributed by atoms with E-state index in [1.807, 2.05) is 0 Å². The molecule has 0 aliphatic carbocycles. The zero-order chi connectivity index (χ0) is 11.3. The van der Waals surface area contributed by atoms with Crippen molar-refractivity contribution in [2.24, 2.45) is 5.73 Å². The number of hydrogen-bond acceptors (Lipinski definition) is 4. The van der Waals surface area contributed by atoms with Gasteiger partial charge < -0.3 is 15.2 Å². The molecule has 0 radical (unpaired) electrons. The number of nitrogens with two attached hydrogens (primary N) is 1. The van der Waals surface area contributed by atoms with Crippen LogP contribution in [0.1, 0.15) is 13.3 Å². The topological polar surface area (TPSA) is 71.6 Å². The molecule has 0 aromatic carbocycles. The van der Waals surface area contributed by atoms with Gasteiger partial charge in [0.2, 0.25) is 0 Å². The van der Waals surface area contributed by atoms with Gasteiger partial charge in [0, 0.05) is 32.8 Å². The molecule has 0 amide bonds. The van der Waals surface area contributed by atoms with Gasteiger partial charge in [0.1, 0.15) is 11.9 Å². The fourth-order valence-corrected chi connectivity index (χ4v) is 1.73. The number of ether oxygens (including phenoxy) is 2. The highest BCUT2D eigenvalue weighted by molar-refractivity contribution is 5.82. The number of morpholine rings is 1. The van der Waals surface area contributed by atoms with Crippen molar-refractivity contribution < 1.29 is 9.47 Å². The molecule has 5 nitrogen and oxygen atoms in total. The molecule has 5 heteroatoms. The lowest BCUT2D eigenvalue weighted by molar-refractivity contribution is -0.0140. The number of methoxy groups -OCH3 is 1. The molecule has 15 heavy (non-hydrogen) atoms. The zero-order valence-electron chi connectivity index (χ0n) is 9.53. The average Bonchev–Trinajstić information content (AvgIpc) is 2.26. The molecule has 3 N–H and O–H groups in total. The molecule has 1 fully saturated rings. The van der Waals surface area contributed by atoms with Gasteiger partial charge in [-0.05, 0) is 13.3 Å². The Morgan fingerprint density at radius 2 is 2.47 bits per heavy atom. The second-order valence-electron chi connectivity index (χ2n) is 3.94. The van der Waals surface area contributed by atoms with E-state index in [1.54, 1.807) is 7.11 Å². The van der Waals surface area contributed by atoms with Crippen molar-refractivity contribution in [1.82, 2.24) is 4.90 Å². The molecule has 1 rings (SSSR count). The number of hydrogen-bond donors (Lipinski definition) is 2. The van der Waals surface area contributed by atoms with E-state index in [1.165, 1.54) is 0 Å². The van der Waals surface area contributed by atoms with Gasteiger partial charge in [0.25, 0.3) is 0 Å². The van der Waals surface area contributed by atoms with Crippen LogP contribution < -0.4 is 5.73 Å². The average molecular weight is 215 g/mol. The fraction of sp³-hybridized carbons (Fsp3) is 0.900. The van der Waals surface area contributed by atoms with E-state index < -0.39 is 0 Å². The quantitative estimate of drug-likeness (QED) is 0.502. The molecule has 0 saturated carbocycles. The molecule has 88 valence electrons. The second-order valence-corrected chi connectivity index (χ2v) is 3.94. The summed E-state index contributed by atoms with van der Waals surface area (Å²) in [6.45, 7) is 5.22. The summed E-state index contributed by atoms with van der Waals surface area (Å²) in [6.07, 6.45) is 0.768. The van der Waals surface area contributed by atoms with E-state index in [2.05, 4.69) is 11.8 Å². The number of nitrogens with zero attached hydrogens (tertiary/aromatic N) is 1. The highest BCUT2D eigenvalue weighted by Crippen LogP contribution is 2.11. The first-order chi connectivity index (χ1) is 7.15. The molecule has 2 atom stereocenters. The summed E-state index contributed by atoms with van der Waals surface area (Å²) in [5.74, 6) is 0.124. The maximum absolute atomic E-state index is 7.36. The first kappa shape index (κ1) is 12.4. The third kappa shape index (κ3) is 3.77.